The summed E-state index contributed by atoms with van der Waals surface area (Å²) in [6, 6.07) is 18.3. The number of aromatic nitrogens is 2. The van der Waals surface area contributed by atoms with Crippen LogP contribution in [0.15, 0.2) is 79.6 Å². The van der Waals surface area contributed by atoms with E-state index >= 15 is 0 Å². The Morgan fingerprint density at radius 1 is 1.12 bits per heavy atom. The molecule has 0 spiro atoms. The predicted octanol–water partition coefficient (Wildman–Crippen LogP) is 4.07. The van der Waals surface area contributed by atoms with Crippen LogP contribution >= 0.6 is 0 Å². The molecule has 4 nitrogen and oxygen atoms in total. The van der Waals surface area contributed by atoms with Crippen LogP contribution in [0.5, 0.6) is 5.75 Å². The van der Waals surface area contributed by atoms with Crippen molar-refractivity contribution in [2.75, 3.05) is 13.7 Å². The molecule has 0 saturated heterocycles. The first kappa shape index (κ1) is 17.0. The fourth-order valence-corrected chi connectivity index (χ4v) is 2.89. The van der Waals surface area contributed by atoms with Gasteiger partial charge in [0, 0.05) is 37.7 Å². The summed E-state index contributed by atoms with van der Waals surface area (Å²) in [5, 5.41) is 0. The Labute approximate surface area is 149 Å². The first-order chi connectivity index (χ1) is 12.3. The van der Waals surface area contributed by atoms with Gasteiger partial charge in [0.1, 0.15) is 11.6 Å². The zero-order valence-corrected chi connectivity index (χ0v) is 14.5. The van der Waals surface area contributed by atoms with Crippen molar-refractivity contribution in [2.45, 2.75) is 13.1 Å². The Morgan fingerprint density at radius 3 is 2.80 bits per heavy atom. The highest BCUT2D eigenvalue weighted by Crippen LogP contribution is 2.17. The molecule has 25 heavy (non-hydrogen) atoms. The van der Waals surface area contributed by atoms with Crippen LogP contribution in [0.2, 0.25) is 0 Å². The van der Waals surface area contributed by atoms with Gasteiger partial charge in [0.25, 0.3) is 0 Å². The molecule has 0 fully saturated rings. The van der Waals surface area contributed by atoms with Crippen LogP contribution in [0.4, 0.5) is 0 Å². The zero-order valence-electron chi connectivity index (χ0n) is 14.5. The monoisotopic (exact) mass is 333 g/mol. The summed E-state index contributed by atoms with van der Waals surface area (Å²) < 4.78 is 7.45. The van der Waals surface area contributed by atoms with Crippen molar-refractivity contribution in [1.29, 1.82) is 0 Å². The van der Waals surface area contributed by atoms with E-state index in [4.69, 9.17) is 4.74 Å². The molecule has 3 aromatic rings. The number of ether oxygens (including phenoxy) is 1. The number of benzene rings is 1. The lowest BCUT2D eigenvalue weighted by Crippen LogP contribution is -2.24. The quantitative estimate of drug-likeness (QED) is 0.582. The zero-order chi connectivity index (χ0) is 17.5. The highest BCUT2D eigenvalue weighted by atomic mass is 16.5. The molecule has 0 aliphatic carbocycles. The third kappa shape index (κ3) is 4.37. The molecule has 0 atom stereocenters. The summed E-state index contributed by atoms with van der Waals surface area (Å²) >= 11 is 0. The van der Waals surface area contributed by atoms with Crippen LogP contribution in [0.1, 0.15) is 11.3 Å². The van der Waals surface area contributed by atoms with E-state index in [0.29, 0.717) is 0 Å². The molecule has 0 unspecified atom stereocenters. The standard InChI is InChI=1S/C21H23N3O/c1-3-13-23(16-18-8-6-10-20(15-18)25-2)17-19-9-7-14-24(19)21-11-4-5-12-22-21/h3-12,14-15H,1,13,16-17H2,2H3. The second kappa shape index (κ2) is 8.31. The predicted molar refractivity (Wildman–Crippen MR) is 101 cm³/mol. The second-order valence-corrected chi connectivity index (χ2v) is 5.87. The van der Waals surface area contributed by atoms with E-state index in [9.17, 15) is 0 Å². The van der Waals surface area contributed by atoms with Gasteiger partial charge in [0.05, 0.1) is 7.11 Å². The molecule has 0 aliphatic rings. The summed E-state index contributed by atoms with van der Waals surface area (Å²) in [5.41, 5.74) is 2.42. The smallest absolute Gasteiger partial charge is 0.136 e. The minimum absolute atomic E-state index is 0.810. The van der Waals surface area contributed by atoms with Crippen molar-refractivity contribution >= 4 is 0 Å². The maximum absolute atomic E-state index is 5.33. The summed E-state index contributed by atoms with van der Waals surface area (Å²) in [6.07, 6.45) is 5.81. The lowest BCUT2D eigenvalue weighted by Gasteiger charge is -2.22. The molecular weight excluding hydrogens is 310 g/mol. The van der Waals surface area contributed by atoms with Crippen LogP contribution in [0.25, 0.3) is 5.82 Å². The first-order valence-corrected chi connectivity index (χ1v) is 8.34. The SMILES string of the molecule is C=CCN(Cc1cccc(OC)c1)Cc1cccn1-c1ccccn1. The van der Waals surface area contributed by atoms with Crippen LogP contribution in [0, 0.1) is 0 Å². The normalized spacial score (nSPS) is 10.8. The highest BCUT2D eigenvalue weighted by Gasteiger charge is 2.10. The van der Waals surface area contributed by atoms with Gasteiger partial charge in [-0.05, 0) is 42.0 Å². The molecule has 0 amide bonds. The molecule has 0 saturated carbocycles. The first-order valence-electron chi connectivity index (χ1n) is 8.34. The molecule has 128 valence electrons. The summed E-state index contributed by atoms with van der Waals surface area (Å²) in [5.74, 6) is 1.82. The van der Waals surface area contributed by atoms with Gasteiger partial charge < -0.3 is 9.30 Å². The Hall–Kier alpha value is -2.85. The van der Waals surface area contributed by atoms with E-state index in [-0.39, 0.29) is 0 Å². The number of nitrogens with zero attached hydrogens (tertiary/aromatic N) is 3. The minimum atomic E-state index is 0.810. The molecule has 0 bridgehead atoms. The van der Waals surface area contributed by atoms with Crippen molar-refractivity contribution in [2.24, 2.45) is 0 Å². The van der Waals surface area contributed by atoms with Crippen LogP contribution in [-0.2, 0) is 13.1 Å². The number of pyridine rings is 1. The van der Waals surface area contributed by atoms with Crippen molar-refractivity contribution in [3.05, 3.63) is 90.9 Å². The summed E-state index contributed by atoms with van der Waals surface area (Å²) in [4.78, 5) is 6.79. The number of rotatable bonds is 8. The average Bonchev–Trinajstić information content (AvgIpc) is 3.11. The van der Waals surface area contributed by atoms with Gasteiger partial charge in [0.15, 0.2) is 0 Å². The lowest BCUT2D eigenvalue weighted by molar-refractivity contribution is 0.280. The third-order valence-corrected chi connectivity index (χ3v) is 4.04. The molecule has 1 aromatic carbocycles. The van der Waals surface area contributed by atoms with Crippen LogP contribution in [-0.4, -0.2) is 28.1 Å². The Kier molecular flexibility index (Phi) is 5.65. The van der Waals surface area contributed by atoms with E-state index < -0.39 is 0 Å². The molecule has 3 rings (SSSR count). The van der Waals surface area contributed by atoms with Crippen molar-refractivity contribution < 1.29 is 4.74 Å². The minimum Gasteiger partial charge on any atom is -0.497 e. The summed E-state index contributed by atoms with van der Waals surface area (Å²) in [7, 11) is 1.69. The van der Waals surface area contributed by atoms with Gasteiger partial charge in [-0.25, -0.2) is 4.98 Å². The molecule has 2 aromatic heterocycles. The van der Waals surface area contributed by atoms with E-state index in [1.54, 1.807) is 7.11 Å². The fourth-order valence-electron chi connectivity index (χ4n) is 2.89. The molecule has 0 radical (unpaired) electrons. The number of methoxy groups -OCH3 is 1. The number of hydrogen-bond donors (Lipinski definition) is 0. The summed E-state index contributed by atoms with van der Waals surface area (Å²) in [6.45, 7) is 6.35. The Balaban J connectivity index is 1.78. The van der Waals surface area contributed by atoms with Gasteiger partial charge in [-0.15, -0.1) is 6.58 Å². The molecule has 4 heteroatoms. The van der Waals surface area contributed by atoms with Crippen molar-refractivity contribution in [3.63, 3.8) is 0 Å². The van der Waals surface area contributed by atoms with Crippen molar-refractivity contribution in [3.8, 4) is 11.6 Å². The molecular formula is C21H23N3O. The van der Waals surface area contributed by atoms with Gasteiger partial charge in [-0.3, -0.25) is 4.90 Å². The maximum Gasteiger partial charge on any atom is 0.136 e. The lowest BCUT2D eigenvalue weighted by atomic mass is 10.2. The second-order valence-electron chi connectivity index (χ2n) is 5.87. The highest BCUT2D eigenvalue weighted by molar-refractivity contribution is 5.29. The van der Waals surface area contributed by atoms with Crippen molar-refractivity contribution in [1.82, 2.24) is 14.5 Å². The van der Waals surface area contributed by atoms with E-state index in [1.807, 2.05) is 42.6 Å². The fraction of sp³-hybridized carbons (Fsp3) is 0.190. The Morgan fingerprint density at radius 2 is 2.04 bits per heavy atom. The van der Waals surface area contributed by atoms with E-state index in [2.05, 4.69) is 51.5 Å². The Bertz CT molecular complexity index is 811. The average molecular weight is 333 g/mol. The topological polar surface area (TPSA) is 30.3 Å². The van der Waals surface area contributed by atoms with E-state index in [0.717, 1.165) is 31.2 Å². The van der Waals surface area contributed by atoms with Gasteiger partial charge in [-0.2, -0.15) is 0 Å². The number of hydrogen-bond acceptors (Lipinski definition) is 3. The largest absolute Gasteiger partial charge is 0.497 e. The van der Waals surface area contributed by atoms with E-state index in [1.165, 1.54) is 11.3 Å². The molecule has 2 heterocycles. The van der Waals surface area contributed by atoms with Gasteiger partial charge >= 0.3 is 0 Å². The van der Waals surface area contributed by atoms with Gasteiger partial charge in [-0.1, -0.05) is 24.3 Å². The third-order valence-electron chi connectivity index (χ3n) is 4.04. The van der Waals surface area contributed by atoms with Gasteiger partial charge in [0.2, 0.25) is 0 Å². The molecule has 0 aliphatic heterocycles. The van der Waals surface area contributed by atoms with Crippen LogP contribution < -0.4 is 4.74 Å². The maximum atomic E-state index is 5.33. The van der Waals surface area contributed by atoms with Crippen LogP contribution in [0.3, 0.4) is 0 Å². The molecule has 0 N–H and O–H groups in total.